The van der Waals surface area contributed by atoms with Gasteiger partial charge in [-0.1, -0.05) is 23.5 Å². The lowest BCUT2D eigenvalue weighted by molar-refractivity contribution is 0.0735. The summed E-state index contributed by atoms with van der Waals surface area (Å²) in [4.78, 5) is 31.9. The second-order valence-electron chi connectivity index (χ2n) is 6.10. The molecule has 0 spiro atoms. The molecule has 0 radical (unpaired) electrons. The Balaban J connectivity index is 1.70. The van der Waals surface area contributed by atoms with Crippen molar-refractivity contribution in [3.05, 3.63) is 44.0 Å². The zero-order chi connectivity index (χ0) is 18.0. The van der Waals surface area contributed by atoms with Gasteiger partial charge in [-0.2, -0.15) is 0 Å². The maximum Gasteiger partial charge on any atom is 0.321 e. The number of thiazole rings is 1. The van der Waals surface area contributed by atoms with Crippen LogP contribution in [0, 0.1) is 3.57 Å². The summed E-state index contributed by atoms with van der Waals surface area (Å²) >= 11 is 3.62. The Morgan fingerprint density at radius 2 is 2.08 bits per heavy atom. The average molecular weight is 470 g/mol. The maximum absolute atomic E-state index is 12.8. The number of carbonyl (C=O) groups excluding carboxylic acids is 2. The summed E-state index contributed by atoms with van der Waals surface area (Å²) in [6.07, 6.45) is 0.703. The molecule has 0 saturated heterocycles. The summed E-state index contributed by atoms with van der Waals surface area (Å²) in [6, 6.07) is 7.41. The van der Waals surface area contributed by atoms with Crippen molar-refractivity contribution in [2.24, 2.45) is 0 Å². The van der Waals surface area contributed by atoms with Crippen LogP contribution >= 0.6 is 33.9 Å². The minimum atomic E-state index is -0.257. The largest absolute Gasteiger partial charge is 0.336 e. The molecule has 1 aromatic heterocycles. The van der Waals surface area contributed by atoms with E-state index in [0.717, 1.165) is 19.7 Å². The van der Waals surface area contributed by atoms with Crippen molar-refractivity contribution < 1.29 is 9.59 Å². The quantitative estimate of drug-likeness (QED) is 0.675. The number of aromatic nitrogens is 1. The summed E-state index contributed by atoms with van der Waals surface area (Å²) in [7, 11) is 0. The normalized spacial score (nSPS) is 13.5. The molecule has 8 heteroatoms. The number of benzene rings is 1. The molecular weight excluding hydrogens is 451 g/mol. The van der Waals surface area contributed by atoms with E-state index < -0.39 is 0 Å². The van der Waals surface area contributed by atoms with Crippen LogP contribution < -0.4 is 10.6 Å². The standard InChI is InChI=1S/C17H19IN4O2S/c1-10(2)19-16(24)21-17-20-13-7-8-22(9-14(13)25-17)15(23)11-5-3-4-6-12(11)18/h3-6,10H,7-9H2,1-2H3,(H2,19,20,21,24). The molecule has 25 heavy (non-hydrogen) atoms. The lowest BCUT2D eigenvalue weighted by Crippen LogP contribution is -2.35. The van der Waals surface area contributed by atoms with E-state index in [0.29, 0.717) is 24.6 Å². The second-order valence-corrected chi connectivity index (χ2v) is 8.34. The SMILES string of the molecule is CC(C)NC(=O)Nc1nc2c(s1)CN(C(=O)c1ccccc1I)CC2. The van der Waals surface area contributed by atoms with Gasteiger partial charge in [-0.15, -0.1) is 0 Å². The summed E-state index contributed by atoms with van der Waals surface area (Å²) in [5.74, 6) is 0.0381. The van der Waals surface area contributed by atoms with Crippen molar-refractivity contribution in [1.82, 2.24) is 15.2 Å². The van der Waals surface area contributed by atoms with E-state index in [2.05, 4.69) is 38.2 Å². The van der Waals surface area contributed by atoms with E-state index in [9.17, 15) is 9.59 Å². The van der Waals surface area contributed by atoms with Crippen LogP contribution in [-0.2, 0) is 13.0 Å². The number of urea groups is 1. The van der Waals surface area contributed by atoms with E-state index in [1.165, 1.54) is 11.3 Å². The number of rotatable bonds is 3. The summed E-state index contributed by atoms with van der Waals surface area (Å²) in [6.45, 7) is 4.98. The van der Waals surface area contributed by atoms with Crippen molar-refractivity contribution in [3.63, 3.8) is 0 Å². The van der Waals surface area contributed by atoms with Crippen molar-refractivity contribution in [3.8, 4) is 0 Å². The van der Waals surface area contributed by atoms with Crippen LogP contribution in [-0.4, -0.2) is 34.4 Å². The van der Waals surface area contributed by atoms with Gasteiger partial charge in [0, 0.05) is 27.5 Å². The summed E-state index contributed by atoms with van der Waals surface area (Å²) < 4.78 is 0.952. The first kappa shape index (κ1) is 18.1. The van der Waals surface area contributed by atoms with Crippen molar-refractivity contribution in [2.45, 2.75) is 32.9 Å². The first-order chi connectivity index (χ1) is 11.9. The van der Waals surface area contributed by atoms with Crippen molar-refractivity contribution >= 4 is 51.0 Å². The molecule has 3 amide bonds. The minimum Gasteiger partial charge on any atom is -0.336 e. The van der Waals surface area contributed by atoms with Gasteiger partial charge in [0.1, 0.15) is 0 Å². The highest BCUT2D eigenvalue weighted by atomic mass is 127. The van der Waals surface area contributed by atoms with Crippen LogP contribution in [0.1, 0.15) is 34.8 Å². The fourth-order valence-electron chi connectivity index (χ4n) is 2.62. The molecule has 0 atom stereocenters. The van der Waals surface area contributed by atoms with Gasteiger partial charge in [0.25, 0.3) is 5.91 Å². The van der Waals surface area contributed by atoms with Crippen LogP contribution in [0.4, 0.5) is 9.93 Å². The molecule has 1 aromatic carbocycles. The van der Waals surface area contributed by atoms with Crippen LogP contribution in [0.2, 0.25) is 0 Å². The van der Waals surface area contributed by atoms with Crippen molar-refractivity contribution in [1.29, 1.82) is 0 Å². The zero-order valence-corrected chi connectivity index (χ0v) is 17.0. The molecule has 2 aromatic rings. The topological polar surface area (TPSA) is 74.3 Å². The first-order valence-electron chi connectivity index (χ1n) is 8.04. The highest BCUT2D eigenvalue weighted by Gasteiger charge is 2.26. The number of hydrogen-bond donors (Lipinski definition) is 2. The zero-order valence-electron chi connectivity index (χ0n) is 14.0. The molecule has 0 saturated carbocycles. The van der Waals surface area contributed by atoms with Crippen LogP contribution in [0.5, 0.6) is 0 Å². The minimum absolute atomic E-state index is 0.0381. The third-order valence-electron chi connectivity index (χ3n) is 3.76. The molecule has 0 fully saturated rings. The summed E-state index contributed by atoms with van der Waals surface area (Å²) in [5.41, 5.74) is 1.70. The molecular formula is C17H19IN4O2S. The van der Waals surface area contributed by atoms with Gasteiger partial charge in [0.15, 0.2) is 5.13 Å². The molecule has 1 aliphatic rings. The Morgan fingerprint density at radius 3 is 2.80 bits per heavy atom. The van der Waals surface area contributed by atoms with Crippen LogP contribution in [0.15, 0.2) is 24.3 Å². The number of nitrogens with one attached hydrogen (secondary N) is 2. The number of nitrogens with zero attached hydrogens (tertiary/aromatic N) is 2. The molecule has 0 bridgehead atoms. The van der Waals surface area contributed by atoms with Gasteiger partial charge in [0.05, 0.1) is 17.8 Å². The van der Waals surface area contributed by atoms with Gasteiger partial charge >= 0.3 is 6.03 Å². The summed E-state index contributed by atoms with van der Waals surface area (Å²) in [5, 5.41) is 6.12. The first-order valence-corrected chi connectivity index (χ1v) is 9.93. The average Bonchev–Trinajstić information content (AvgIpc) is 2.94. The predicted octanol–water partition coefficient (Wildman–Crippen LogP) is 3.48. The Morgan fingerprint density at radius 1 is 1.32 bits per heavy atom. The fourth-order valence-corrected chi connectivity index (χ4v) is 4.26. The fraction of sp³-hybridized carbons (Fsp3) is 0.353. The Labute approximate surface area is 164 Å². The van der Waals surface area contributed by atoms with Crippen molar-refractivity contribution in [2.75, 3.05) is 11.9 Å². The Bertz CT molecular complexity index is 806. The third kappa shape index (κ3) is 4.30. The number of hydrogen-bond acceptors (Lipinski definition) is 4. The van der Waals surface area contributed by atoms with Gasteiger partial charge in [-0.3, -0.25) is 10.1 Å². The number of amides is 3. The smallest absolute Gasteiger partial charge is 0.321 e. The second kappa shape index (κ2) is 7.69. The molecule has 2 heterocycles. The maximum atomic E-state index is 12.8. The lowest BCUT2D eigenvalue weighted by atomic mass is 10.1. The highest BCUT2D eigenvalue weighted by molar-refractivity contribution is 14.1. The van der Waals surface area contributed by atoms with E-state index in [4.69, 9.17) is 0 Å². The number of halogens is 1. The molecule has 132 valence electrons. The van der Waals surface area contributed by atoms with Gasteiger partial charge in [0.2, 0.25) is 0 Å². The van der Waals surface area contributed by atoms with E-state index in [1.54, 1.807) is 0 Å². The van der Waals surface area contributed by atoms with Gasteiger partial charge in [-0.25, -0.2) is 9.78 Å². The number of carbonyl (C=O) groups is 2. The molecule has 1 aliphatic heterocycles. The number of fused-ring (bicyclic) bond motifs is 1. The molecule has 0 aliphatic carbocycles. The molecule has 3 rings (SSSR count). The predicted molar refractivity (Wildman–Crippen MR) is 107 cm³/mol. The lowest BCUT2D eigenvalue weighted by Gasteiger charge is -2.26. The van der Waals surface area contributed by atoms with Crippen LogP contribution in [0.25, 0.3) is 0 Å². The molecule has 2 N–H and O–H groups in total. The molecule has 0 unspecified atom stereocenters. The van der Waals surface area contributed by atoms with Gasteiger partial charge < -0.3 is 10.2 Å². The van der Waals surface area contributed by atoms with E-state index >= 15 is 0 Å². The molecule has 6 nitrogen and oxygen atoms in total. The Hall–Kier alpha value is -1.68. The van der Waals surface area contributed by atoms with E-state index in [-0.39, 0.29) is 18.0 Å². The Kier molecular flexibility index (Phi) is 5.57. The monoisotopic (exact) mass is 470 g/mol. The van der Waals surface area contributed by atoms with E-state index in [1.807, 2.05) is 43.0 Å². The highest BCUT2D eigenvalue weighted by Crippen LogP contribution is 2.29. The van der Waals surface area contributed by atoms with Crippen LogP contribution in [0.3, 0.4) is 0 Å². The number of anilines is 1. The third-order valence-corrected chi connectivity index (χ3v) is 5.70. The van der Waals surface area contributed by atoms with Gasteiger partial charge in [-0.05, 0) is 48.6 Å².